The van der Waals surface area contributed by atoms with Gasteiger partial charge < -0.3 is 10.6 Å². The van der Waals surface area contributed by atoms with E-state index in [0.29, 0.717) is 6.42 Å². The molecule has 2 N–H and O–H groups in total. The van der Waals surface area contributed by atoms with Crippen molar-refractivity contribution in [3.05, 3.63) is 20.8 Å². The van der Waals surface area contributed by atoms with Crippen LogP contribution in [-0.2, 0) is 16.0 Å². The summed E-state index contributed by atoms with van der Waals surface area (Å²) < 4.78 is 1.03. The monoisotopic (exact) mass is 288 g/mol. The van der Waals surface area contributed by atoms with Gasteiger partial charge in [-0.2, -0.15) is 0 Å². The van der Waals surface area contributed by atoms with Crippen LogP contribution < -0.4 is 10.6 Å². The van der Waals surface area contributed by atoms with Gasteiger partial charge in [-0.1, -0.05) is 0 Å². The molecule has 6 heteroatoms. The van der Waals surface area contributed by atoms with Crippen LogP contribution in [0.4, 0.5) is 0 Å². The fourth-order valence-corrected chi connectivity index (χ4v) is 2.66. The zero-order valence-corrected chi connectivity index (χ0v) is 10.2. The van der Waals surface area contributed by atoms with Gasteiger partial charge in [-0.25, -0.2) is 0 Å². The fraction of sp³-hybridized carbons (Fsp3) is 0.333. The molecular weight excluding hydrogens is 280 g/mol. The molecule has 1 atom stereocenters. The van der Waals surface area contributed by atoms with Crippen LogP contribution in [0.5, 0.6) is 0 Å². The first-order chi connectivity index (χ1) is 7.15. The van der Waals surface area contributed by atoms with Crippen molar-refractivity contribution in [1.29, 1.82) is 0 Å². The van der Waals surface area contributed by atoms with Crippen LogP contribution in [0.15, 0.2) is 15.2 Å². The van der Waals surface area contributed by atoms with Crippen molar-refractivity contribution in [2.45, 2.75) is 12.5 Å². The molecule has 80 valence electrons. The third kappa shape index (κ3) is 2.57. The van der Waals surface area contributed by atoms with E-state index in [1.54, 1.807) is 11.3 Å². The van der Waals surface area contributed by atoms with E-state index >= 15 is 0 Å². The molecule has 1 unspecified atom stereocenters. The quantitative estimate of drug-likeness (QED) is 0.840. The molecule has 0 aliphatic carbocycles. The molecule has 2 heterocycles. The molecule has 0 bridgehead atoms. The zero-order valence-electron chi connectivity index (χ0n) is 7.75. The first-order valence-corrected chi connectivity index (χ1v) is 6.12. The SMILES string of the molecule is O=C1CNC(=O)C(Cc2csc(Br)c2)N1. The molecule has 1 aromatic rings. The maximum atomic E-state index is 11.4. The Bertz CT molecular complexity index is 405. The molecule has 2 rings (SSSR count). The maximum absolute atomic E-state index is 11.4. The summed E-state index contributed by atoms with van der Waals surface area (Å²) >= 11 is 4.92. The molecule has 0 aromatic carbocycles. The summed E-state index contributed by atoms with van der Waals surface area (Å²) in [5, 5.41) is 7.18. The smallest absolute Gasteiger partial charge is 0.243 e. The van der Waals surface area contributed by atoms with Crippen molar-refractivity contribution in [3.8, 4) is 0 Å². The topological polar surface area (TPSA) is 58.2 Å². The number of thiophene rings is 1. The number of carbonyl (C=O) groups is 2. The summed E-state index contributed by atoms with van der Waals surface area (Å²) in [4.78, 5) is 22.5. The minimum atomic E-state index is -0.437. The first kappa shape index (κ1) is 10.6. The van der Waals surface area contributed by atoms with Crippen molar-refractivity contribution in [2.75, 3.05) is 6.54 Å². The Labute approximate surface area is 99.2 Å². The predicted molar refractivity (Wildman–Crippen MR) is 60.7 cm³/mol. The van der Waals surface area contributed by atoms with E-state index in [1.807, 2.05) is 11.4 Å². The molecule has 2 amide bonds. The van der Waals surface area contributed by atoms with Crippen molar-refractivity contribution in [3.63, 3.8) is 0 Å². The Hall–Kier alpha value is -0.880. The average Bonchev–Trinajstić information content (AvgIpc) is 2.58. The largest absolute Gasteiger partial charge is 0.345 e. The number of amides is 2. The molecule has 0 spiro atoms. The Morgan fingerprint density at radius 3 is 3.00 bits per heavy atom. The summed E-state index contributed by atoms with van der Waals surface area (Å²) in [7, 11) is 0. The highest BCUT2D eigenvalue weighted by Gasteiger charge is 2.25. The number of halogens is 1. The van der Waals surface area contributed by atoms with Gasteiger partial charge in [0.1, 0.15) is 6.04 Å². The number of carbonyl (C=O) groups excluding carboxylic acids is 2. The van der Waals surface area contributed by atoms with E-state index in [-0.39, 0.29) is 18.4 Å². The van der Waals surface area contributed by atoms with Gasteiger partial charge in [0, 0.05) is 6.42 Å². The van der Waals surface area contributed by atoms with Crippen LogP contribution in [0.1, 0.15) is 5.56 Å². The van der Waals surface area contributed by atoms with Gasteiger partial charge in [-0.15, -0.1) is 11.3 Å². The summed E-state index contributed by atoms with van der Waals surface area (Å²) in [5.41, 5.74) is 1.05. The van der Waals surface area contributed by atoms with Crippen molar-refractivity contribution >= 4 is 39.1 Å². The molecule has 1 aliphatic rings. The summed E-state index contributed by atoms with van der Waals surface area (Å²) in [5.74, 6) is -0.245. The minimum Gasteiger partial charge on any atom is -0.345 e. The number of rotatable bonds is 2. The lowest BCUT2D eigenvalue weighted by molar-refractivity contribution is -0.133. The number of hydrogen-bond acceptors (Lipinski definition) is 3. The van der Waals surface area contributed by atoms with Crippen molar-refractivity contribution < 1.29 is 9.59 Å². The normalized spacial score (nSPS) is 21.0. The number of piperazine rings is 1. The molecule has 1 aliphatic heterocycles. The predicted octanol–water partition coefficient (Wildman–Crippen LogP) is 0.668. The van der Waals surface area contributed by atoms with Crippen molar-refractivity contribution in [1.82, 2.24) is 10.6 Å². The second-order valence-electron chi connectivity index (χ2n) is 3.30. The van der Waals surface area contributed by atoms with Crippen LogP contribution in [0.3, 0.4) is 0 Å². The van der Waals surface area contributed by atoms with Crippen LogP contribution in [0.2, 0.25) is 0 Å². The highest BCUT2D eigenvalue weighted by atomic mass is 79.9. The number of nitrogens with one attached hydrogen (secondary N) is 2. The number of hydrogen-bond donors (Lipinski definition) is 2. The molecule has 0 saturated carbocycles. The Kier molecular flexibility index (Phi) is 3.06. The van der Waals surface area contributed by atoms with Gasteiger partial charge in [-0.05, 0) is 32.9 Å². The third-order valence-corrected chi connectivity index (χ3v) is 3.69. The second-order valence-corrected chi connectivity index (χ2v) is 5.59. The van der Waals surface area contributed by atoms with Gasteiger partial charge in [-0.3, -0.25) is 9.59 Å². The van der Waals surface area contributed by atoms with E-state index < -0.39 is 6.04 Å². The average molecular weight is 289 g/mol. The molecule has 1 fully saturated rings. The molecule has 1 saturated heterocycles. The summed E-state index contributed by atoms with van der Waals surface area (Å²) in [6.07, 6.45) is 0.541. The molecule has 15 heavy (non-hydrogen) atoms. The van der Waals surface area contributed by atoms with E-state index in [2.05, 4.69) is 26.6 Å². The molecular formula is C9H9BrN2O2S. The van der Waals surface area contributed by atoms with Crippen LogP contribution >= 0.6 is 27.3 Å². The molecule has 1 aromatic heterocycles. The van der Waals surface area contributed by atoms with Gasteiger partial charge in [0.05, 0.1) is 10.3 Å². The highest BCUT2D eigenvalue weighted by Crippen LogP contribution is 2.21. The van der Waals surface area contributed by atoms with E-state index in [9.17, 15) is 9.59 Å². The Morgan fingerprint density at radius 1 is 1.53 bits per heavy atom. The molecule has 4 nitrogen and oxygen atoms in total. The van der Waals surface area contributed by atoms with E-state index in [4.69, 9.17) is 0 Å². The van der Waals surface area contributed by atoms with Crippen LogP contribution in [-0.4, -0.2) is 24.4 Å². The van der Waals surface area contributed by atoms with Gasteiger partial charge >= 0.3 is 0 Å². The van der Waals surface area contributed by atoms with E-state index in [1.165, 1.54) is 0 Å². The van der Waals surface area contributed by atoms with Crippen molar-refractivity contribution in [2.24, 2.45) is 0 Å². The standard InChI is InChI=1S/C9H9BrN2O2S/c10-7-2-5(4-15-7)1-6-9(14)11-3-8(13)12-6/h2,4,6H,1,3H2,(H,11,14)(H,12,13). The lowest BCUT2D eigenvalue weighted by atomic mass is 10.1. The first-order valence-electron chi connectivity index (χ1n) is 4.45. The van der Waals surface area contributed by atoms with Gasteiger partial charge in [0.2, 0.25) is 11.8 Å². The summed E-state index contributed by atoms with van der Waals surface area (Å²) in [6.45, 7) is 0.0860. The van der Waals surface area contributed by atoms with Crippen LogP contribution in [0, 0.1) is 0 Å². The second kappa shape index (κ2) is 4.32. The Balaban J connectivity index is 2.04. The fourth-order valence-electron chi connectivity index (χ4n) is 1.43. The third-order valence-electron chi connectivity index (χ3n) is 2.14. The highest BCUT2D eigenvalue weighted by molar-refractivity contribution is 9.11. The summed E-state index contributed by atoms with van der Waals surface area (Å²) in [6, 6.07) is 1.52. The lowest BCUT2D eigenvalue weighted by Gasteiger charge is -2.22. The van der Waals surface area contributed by atoms with Gasteiger partial charge in [0.25, 0.3) is 0 Å². The lowest BCUT2D eigenvalue weighted by Crippen LogP contribution is -2.56. The van der Waals surface area contributed by atoms with Crippen LogP contribution in [0.25, 0.3) is 0 Å². The minimum absolute atomic E-state index is 0.0860. The zero-order chi connectivity index (χ0) is 10.8. The van der Waals surface area contributed by atoms with E-state index in [0.717, 1.165) is 9.35 Å². The maximum Gasteiger partial charge on any atom is 0.243 e. The molecule has 0 radical (unpaired) electrons. The Morgan fingerprint density at radius 2 is 2.33 bits per heavy atom. The van der Waals surface area contributed by atoms with Gasteiger partial charge in [0.15, 0.2) is 0 Å².